The van der Waals surface area contributed by atoms with Gasteiger partial charge in [0.25, 0.3) is 5.91 Å². The van der Waals surface area contributed by atoms with Crippen LogP contribution in [0.2, 0.25) is 0 Å². The van der Waals surface area contributed by atoms with Gasteiger partial charge in [-0.1, -0.05) is 12.1 Å². The molecule has 0 saturated carbocycles. The van der Waals surface area contributed by atoms with E-state index < -0.39 is 29.2 Å². The van der Waals surface area contributed by atoms with Crippen LogP contribution < -0.4 is 10.6 Å². The summed E-state index contributed by atoms with van der Waals surface area (Å²) in [6, 6.07) is 5.44. The highest BCUT2D eigenvalue weighted by Gasteiger charge is 2.41. The number of halogens is 4. The molecule has 14 heteroatoms. The van der Waals surface area contributed by atoms with Gasteiger partial charge in [0, 0.05) is 24.0 Å². The van der Waals surface area contributed by atoms with Gasteiger partial charge in [-0.2, -0.15) is 28.5 Å². The van der Waals surface area contributed by atoms with E-state index in [1.807, 2.05) is 0 Å². The first-order valence-corrected chi connectivity index (χ1v) is 10.3. The molecule has 0 saturated heterocycles. The second-order valence-corrected chi connectivity index (χ2v) is 7.43. The highest BCUT2D eigenvalue weighted by atomic mass is 19.4. The molecule has 182 valence electrons. The minimum atomic E-state index is -4.97. The lowest BCUT2D eigenvalue weighted by Crippen LogP contribution is -2.21. The van der Waals surface area contributed by atoms with Crippen LogP contribution in [0.25, 0.3) is 22.3 Å². The van der Waals surface area contributed by atoms with Gasteiger partial charge in [0.2, 0.25) is 0 Å². The number of carbonyl (C=O) groups excluding carboxylic acids is 1. The van der Waals surface area contributed by atoms with Crippen molar-refractivity contribution in [2.45, 2.75) is 6.18 Å². The summed E-state index contributed by atoms with van der Waals surface area (Å²) in [5, 5.41) is 17.2. The van der Waals surface area contributed by atoms with Gasteiger partial charge in [0.1, 0.15) is 5.82 Å². The summed E-state index contributed by atoms with van der Waals surface area (Å²) in [6.45, 7) is 0. The van der Waals surface area contributed by atoms with E-state index in [0.717, 1.165) is 12.4 Å². The second kappa shape index (κ2) is 8.72. The number of aromatic nitrogens is 7. The van der Waals surface area contributed by atoms with Gasteiger partial charge in [0.15, 0.2) is 11.5 Å². The van der Waals surface area contributed by atoms with Gasteiger partial charge in [-0.3, -0.25) is 9.78 Å². The molecule has 5 aromatic rings. The number of alkyl halides is 3. The van der Waals surface area contributed by atoms with Crippen LogP contribution in [0.3, 0.4) is 0 Å². The van der Waals surface area contributed by atoms with Crippen LogP contribution in [0.15, 0.2) is 61.4 Å². The van der Waals surface area contributed by atoms with Crippen molar-refractivity contribution in [3.05, 3.63) is 78.5 Å². The molecule has 0 radical (unpaired) electrons. The van der Waals surface area contributed by atoms with Crippen molar-refractivity contribution in [2.75, 3.05) is 17.7 Å². The van der Waals surface area contributed by atoms with Gasteiger partial charge in [-0.05, 0) is 12.1 Å². The molecule has 0 spiro atoms. The molecular weight excluding hydrogens is 482 g/mol. The summed E-state index contributed by atoms with van der Waals surface area (Å²) in [4.78, 5) is 22.2. The summed E-state index contributed by atoms with van der Waals surface area (Å²) in [5.74, 6) is -1.40. The minimum Gasteiger partial charge on any atom is -0.385 e. The number of hydrogen-bond acceptors (Lipinski definition) is 7. The molecule has 0 atom stereocenters. The average Bonchev–Trinajstić information content (AvgIpc) is 3.54. The summed E-state index contributed by atoms with van der Waals surface area (Å²) in [7, 11) is 1.60. The molecule has 0 unspecified atom stereocenters. The van der Waals surface area contributed by atoms with Crippen LogP contribution in [-0.4, -0.2) is 47.7 Å². The number of anilines is 2. The zero-order chi connectivity index (χ0) is 25.4. The Morgan fingerprint density at radius 2 is 1.78 bits per heavy atom. The highest BCUT2D eigenvalue weighted by Crippen LogP contribution is 2.35. The third kappa shape index (κ3) is 3.97. The first-order valence-electron chi connectivity index (χ1n) is 10.3. The Balaban J connectivity index is 1.55. The average molecular weight is 497 g/mol. The molecular formula is C22H15F4N9O. The van der Waals surface area contributed by atoms with E-state index in [0.29, 0.717) is 16.2 Å². The normalized spacial score (nSPS) is 11.6. The van der Waals surface area contributed by atoms with Crippen LogP contribution in [0.4, 0.5) is 28.9 Å². The Hall–Kier alpha value is -4.88. The van der Waals surface area contributed by atoms with Crippen molar-refractivity contribution >= 4 is 28.1 Å². The Morgan fingerprint density at radius 1 is 1.00 bits per heavy atom. The monoisotopic (exact) mass is 497 g/mol. The standard InChI is InChI=1S/C22H15F4N9O/c1-27-17-7-12(8-29-20(17)35-30-5-6-31-35)33-21(36)15-10-32-34(19(15)22(24,25)26)18-11-28-9-14-13(18)3-2-4-16(14)23/h2-11,27H,1H3,(H,33,36). The molecule has 5 rings (SSSR count). The predicted molar refractivity (Wildman–Crippen MR) is 120 cm³/mol. The van der Waals surface area contributed by atoms with Crippen molar-refractivity contribution in [1.82, 2.24) is 34.7 Å². The van der Waals surface area contributed by atoms with Gasteiger partial charge < -0.3 is 10.6 Å². The quantitative estimate of drug-likeness (QED) is 0.355. The molecule has 0 fully saturated rings. The van der Waals surface area contributed by atoms with E-state index in [1.165, 1.54) is 53.8 Å². The molecule has 4 aromatic heterocycles. The highest BCUT2D eigenvalue weighted by molar-refractivity contribution is 6.05. The van der Waals surface area contributed by atoms with E-state index in [-0.39, 0.29) is 22.1 Å². The summed E-state index contributed by atoms with van der Waals surface area (Å²) >= 11 is 0. The molecule has 36 heavy (non-hydrogen) atoms. The number of nitrogens with zero attached hydrogens (tertiary/aromatic N) is 7. The van der Waals surface area contributed by atoms with Crippen molar-refractivity contribution in [3.63, 3.8) is 0 Å². The first-order chi connectivity index (χ1) is 17.3. The molecule has 0 aliphatic rings. The van der Waals surface area contributed by atoms with Crippen LogP contribution in [0, 0.1) is 5.82 Å². The number of fused-ring (bicyclic) bond motifs is 1. The van der Waals surface area contributed by atoms with Crippen LogP contribution in [0.1, 0.15) is 16.1 Å². The zero-order valence-corrected chi connectivity index (χ0v) is 18.3. The maximum Gasteiger partial charge on any atom is 0.434 e. The molecule has 1 aromatic carbocycles. The van der Waals surface area contributed by atoms with Crippen molar-refractivity contribution in [3.8, 4) is 11.5 Å². The number of amides is 1. The number of nitrogens with one attached hydrogen (secondary N) is 2. The van der Waals surface area contributed by atoms with E-state index >= 15 is 0 Å². The van der Waals surface area contributed by atoms with Crippen LogP contribution in [0.5, 0.6) is 0 Å². The van der Waals surface area contributed by atoms with Gasteiger partial charge in [-0.15, -0.1) is 4.80 Å². The molecule has 10 nitrogen and oxygen atoms in total. The Bertz CT molecular complexity index is 1580. The third-order valence-electron chi connectivity index (χ3n) is 5.24. The fraction of sp³-hybridized carbons (Fsp3) is 0.0909. The minimum absolute atomic E-state index is 0.0158. The summed E-state index contributed by atoms with van der Waals surface area (Å²) < 4.78 is 57.2. The number of benzene rings is 1. The number of pyridine rings is 2. The topological polar surface area (TPSA) is 115 Å². The number of carbonyl (C=O) groups is 1. The Morgan fingerprint density at radius 3 is 2.50 bits per heavy atom. The SMILES string of the molecule is CNc1cc(NC(=O)c2cnn(-c3cncc4c(F)cccc34)c2C(F)(F)F)cnc1-n1nccn1. The maximum atomic E-state index is 14.2. The fourth-order valence-electron chi connectivity index (χ4n) is 3.68. The molecule has 0 aliphatic carbocycles. The zero-order valence-electron chi connectivity index (χ0n) is 18.3. The van der Waals surface area contributed by atoms with Crippen LogP contribution in [-0.2, 0) is 6.18 Å². The summed E-state index contributed by atoms with van der Waals surface area (Å²) in [5.41, 5.74) is -1.67. The van der Waals surface area contributed by atoms with Gasteiger partial charge in [0.05, 0.1) is 53.6 Å². The van der Waals surface area contributed by atoms with E-state index in [9.17, 15) is 22.4 Å². The van der Waals surface area contributed by atoms with E-state index in [1.54, 1.807) is 7.05 Å². The Kier molecular flexibility index (Phi) is 5.54. The number of hydrogen-bond donors (Lipinski definition) is 2. The summed E-state index contributed by atoms with van der Waals surface area (Å²) in [6.07, 6.45) is 2.31. The molecule has 1 amide bonds. The number of rotatable bonds is 5. The molecule has 2 N–H and O–H groups in total. The van der Waals surface area contributed by atoms with E-state index in [4.69, 9.17) is 0 Å². The predicted octanol–water partition coefficient (Wildman–Crippen LogP) is 3.85. The lowest BCUT2D eigenvalue weighted by Gasteiger charge is -2.14. The lowest BCUT2D eigenvalue weighted by atomic mass is 10.1. The van der Waals surface area contributed by atoms with E-state index in [2.05, 4.69) is 35.9 Å². The van der Waals surface area contributed by atoms with Crippen molar-refractivity contribution in [2.24, 2.45) is 0 Å². The van der Waals surface area contributed by atoms with Crippen molar-refractivity contribution in [1.29, 1.82) is 0 Å². The Labute approximate surface area is 199 Å². The maximum absolute atomic E-state index is 14.2. The second-order valence-electron chi connectivity index (χ2n) is 7.43. The molecule has 0 aliphatic heterocycles. The molecule has 4 heterocycles. The third-order valence-corrected chi connectivity index (χ3v) is 5.24. The first kappa shape index (κ1) is 22.9. The fourth-order valence-corrected chi connectivity index (χ4v) is 3.68. The smallest absolute Gasteiger partial charge is 0.385 e. The van der Waals surface area contributed by atoms with Crippen molar-refractivity contribution < 1.29 is 22.4 Å². The molecule has 0 bridgehead atoms. The van der Waals surface area contributed by atoms with Gasteiger partial charge >= 0.3 is 6.18 Å². The van der Waals surface area contributed by atoms with Crippen LogP contribution >= 0.6 is 0 Å². The largest absolute Gasteiger partial charge is 0.434 e. The van der Waals surface area contributed by atoms with Gasteiger partial charge in [-0.25, -0.2) is 14.1 Å². The lowest BCUT2D eigenvalue weighted by molar-refractivity contribution is -0.143.